The zero-order valence-electron chi connectivity index (χ0n) is 13.7. The fourth-order valence-corrected chi connectivity index (χ4v) is 3.52. The standard InChI is InChI=1S/C17H17F3N2O4/c18-17(19,20)11-3-1-2-4-12(11)22-14(23)9-13(15(22)24)21-7-5-10(6-8-21)16(25)26/h1-4,10,13H,5-9H2,(H,25,26)/t13-/m1/s1. The Labute approximate surface area is 147 Å². The predicted molar refractivity (Wildman–Crippen MR) is 84.3 cm³/mol. The Morgan fingerprint density at radius 2 is 1.73 bits per heavy atom. The van der Waals surface area contributed by atoms with E-state index in [0.29, 0.717) is 30.8 Å². The molecule has 140 valence electrons. The molecule has 1 N–H and O–H groups in total. The molecular weight excluding hydrogens is 353 g/mol. The first-order valence-corrected chi connectivity index (χ1v) is 8.20. The highest BCUT2D eigenvalue weighted by Crippen LogP contribution is 2.39. The number of piperidine rings is 1. The molecule has 1 aromatic carbocycles. The van der Waals surface area contributed by atoms with Crippen LogP contribution in [0.4, 0.5) is 18.9 Å². The summed E-state index contributed by atoms with van der Waals surface area (Å²) in [6.07, 6.45) is -4.21. The number of imide groups is 1. The Morgan fingerprint density at radius 3 is 2.31 bits per heavy atom. The number of hydrogen-bond donors (Lipinski definition) is 1. The highest BCUT2D eigenvalue weighted by Gasteiger charge is 2.46. The Kier molecular flexibility index (Phi) is 4.74. The van der Waals surface area contributed by atoms with Crippen molar-refractivity contribution in [3.8, 4) is 0 Å². The molecule has 26 heavy (non-hydrogen) atoms. The molecule has 2 heterocycles. The lowest BCUT2D eigenvalue weighted by Gasteiger charge is -2.33. The lowest BCUT2D eigenvalue weighted by Crippen LogP contribution is -2.47. The van der Waals surface area contributed by atoms with Gasteiger partial charge in [0.25, 0.3) is 5.91 Å². The van der Waals surface area contributed by atoms with Gasteiger partial charge in [-0.1, -0.05) is 12.1 Å². The van der Waals surface area contributed by atoms with E-state index in [-0.39, 0.29) is 6.42 Å². The van der Waals surface area contributed by atoms with E-state index in [4.69, 9.17) is 5.11 Å². The van der Waals surface area contributed by atoms with Crippen molar-refractivity contribution in [3.63, 3.8) is 0 Å². The predicted octanol–water partition coefficient (Wildman–Crippen LogP) is 2.13. The van der Waals surface area contributed by atoms with Gasteiger partial charge in [0, 0.05) is 0 Å². The number of likely N-dealkylation sites (tertiary alicyclic amines) is 1. The summed E-state index contributed by atoms with van der Waals surface area (Å²) in [6, 6.07) is 3.64. The number of carboxylic acid groups (broad SMARTS) is 1. The number of hydrogen-bond acceptors (Lipinski definition) is 4. The average Bonchev–Trinajstić information content (AvgIpc) is 2.88. The monoisotopic (exact) mass is 370 g/mol. The zero-order chi connectivity index (χ0) is 19.1. The Balaban J connectivity index is 1.82. The third kappa shape index (κ3) is 3.31. The minimum Gasteiger partial charge on any atom is -0.481 e. The van der Waals surface area contributed by atoms with Crippen molar-refractivity contribution in [2.45, 2.75) is 31.5 Å². The van der Waals surface area contributed by atoms with Crippen LogP contribution < -0.4 is 4.90 Å². The van der Waals surface area contributed by atoms with E-state index < -0.39 is 47.2 Å². The molecule has 0 bridgehead atoms. The number of carboxylic acids is 1. The molecule has 2 aliphatic rings. The van der Waals surface area contributed by atoms with Crippen LogP contribution in [-0.2, 0) is 20.6 Å². The molecule has 1 aromatic rings. The Hall–Kier alpha value is -2.42. The van der Waals surface area contributed by atoms with Crippen LogP contribution in [0.1, 0.15) is 24.8 Å². The fraction of sp³-hybridized carbons (Fsp3) is 0.471. The maximum atomic E-state index is 13.2. The number of nitrogens with zero attached hydrogens (tertiary/aromatic N) is 2. The maximum Gasteiger partial charge on any atom is 0.418 e. The third-order valence-corrected chi connectivity index (χ3v) is 4.89. The van der Waals surface area contributed by atoms with Crippen LogP contribution in [0.2, 0.25) is 0 Å². The van der Waals surface area contributed by atoms with E-state index in [1.165, 1.54) is 12.1 Å². The van der Waals surface area contributed by atoms with Crippen LogP contribution in [0.15, 0.2) is 24.3 Å². The molecule has 0 radical (unpaired) electrons. The zero-order valence-corrected chi connectivity index (χ0v) is 13.7. The molecule has 2 saturated heterocycles. The van der Waals surface area contributed by atoms with E-state index >= 15 is 0 Å². The number of para-hydroxylation sites is 1. The van der Waals surface area contributed by atoms with Crippen molar-refractivity contribution in [1.82, 2.24) is 4.90 Å². The van der Waals surface area contributed by atoms with Gasteiger partial charge in [-0.2, -0.15) is 13.2 Å². The number of anilines is 1. The topological polar surface area (TPSA) is 77.9 Å². The van der Waals surface area contributed by atoms with Crippen molar-refractivity contribution in [2.24, 2.45) is 5.92 Å². The summed E-state index contributed by atoms with van der Waals surface area (Å²) in [5.74, 6) is -2.78. The minimum absolute atomic E-state index is 0.206. The van der Waals surface area contributed by atoms with Gasteiger partial charge >= 0.3 is 12.1 Å². The van der Waals surface area contributed by atoms with Crippen molar-refractivity contribution in [1.29, 1.82) is 0 Å². The molecule has 0 unspecified atom stereocenters. The summed E-state index contributed by atoms with van der Waals surface area (Å²) in [5.41, 5.74) is -1.50. The van der Waals surface area contributed by atoms with Crippen molar-refractivity contribution in [3.05, 3.63) is 29.8 Å². The van der Waals surface area contributed by atoms with Crippen LogP contribution in [0.5, 0.6) is 0 Å². The normalized spacial score (nSPS) is 22.9. The number of rotatable bonds is 3. The SMILES string of the molecule is O=C(O)C1CCN([C@@H]2CC(=O)N(c3ccccc3C(F)(F)F)C2=O)CC1. The molecule has 6 nitrogen and oxygen atoms in total. The van der Waals surface area contributed by atoms with E-state index in [1.807, 2.05) is 0 Å². The summed E-state index contributed by atoms with van der Waals surface area (Å²) >= 11 is 0. The largest absolute Gasteiger partial charge is 0.481 e. The first-order valence-electron chi connectivity index (χ1n) is 8.20. The molecule has 1 atom stereocenters. The van der Waals surface area contributed by atoms with E-state index in [0.717, 1.165) is 12.1 Å². The van der Waals surface area contributed by atoms with Gasteiger partial charge in [-0.05, 0) is 38.1 Å². The lowest BCUT2D eigenvalue weighted by molar-refractivity contribution is -0.143. The Bertz CT molecular complexity index is 742. The van der Waals surface area contributed by atoms with Gasteiger partial charge in [0.15, 0.2) is 0 Å². The van der Waals surface area contributed by atoms with Crippen molar-refractivity contribution < 1.29 is 32.7 Å². The summed E-state index contributed by atoms with van der Waals surface area (Å²) in [5, 5.41) is 9.03. The third-order valence-electron chi connectivity index (χ3n) is 4.89. The fourth-order valence-electron chi connectivity index (χ4n) is 3.52. The van der Waals surface area contributed by atoms with Gasteiger partial charge < -0.3 is 5.11 Å². The summed E-state index contributed by atoms with van der Waals surface area (Å²) < 4.78 is 39.6. The molecule has 0 spiro atoms. The number of halogens is 3. The molecule has 9 heteroatoms. The highest BCUT2D eigenvalue weighted by atomic mass is 19.4. The summed E-state index contributed by atoms with van der Waals surface area (Å²) in [6.45, 7) is 0.630. The van der Waals surface area contributed by atoms with Gasteiger partial charge in [-0.25, -0.2) is 4.90 Å². The first kappa shape index (κ1) is 18.4. The van der Waals surface area contributed by atoms with E-state index in [2.05, 4.69) is 0 Å². The molecule has 3 rings (SSSR count). The molecule has 0 aliphatic carbocycles. The minimum atomic E-state index is -4.69. The molecule has 0 saturated carbocycles. The van der Waals surface area contributed by atoms with Gasteiger partial charge in [-0.15, -0.1) is 0 Å². The van der Waals surface area contributed by atoms with Crippen molar-refractivity contribution in [2.75, 3.05) is 18.0 Å². The number of amides is 2. The summed E-state index contributed by atoms with van der Waals surface area (Å²) in [4.78, 5) is 38.3. The molecular formula is C17H17F3N2O4. The number of benzene rings is 1. The summed E-state index contributed by atoms with van der Waals surface area (Å²) in [7, 11) is 0. The molecule has 2 aliphatic heterocycles. The van der Waals surface area contributed by atoms with Gasteiger partial charge in [0.05, 0.1) is 29.6 Å². The van der Waals surface area contributed by atoms with Crippen molar-refractivity contribution >= 4 is 23.5 Å². The number of aliphatic carboxylic acids is 1. The molecule has 0 aromatic heterocycles. The Morgan fingerprint density at radius 1 is 1.12 bits per heavy atom. The van der Waals surface area contributed by atoms with Crippen LogP contribution in [0, 0.1) is 5.92 Å². The number of alkyl halides is 3. The van der Waals surface area contributed by atoms with Crippen LogP contribution >= 0.6 is 0 Å². The quantitative estimate of drug-likeness (QED) is 0.825. The lowest BCUT2D eigenvalue weighted by atomic mass is 9.95. The molecule has 2 fully saturated rings. The van der Waals surface area contributed by atoms with Crippen LogP contribution in [0.25, 0.3) is 0 Å². The average molecular weight is 370 g/mol. The van der Waals surface area contributed by atoms with E-state index in [9.17, 15) is 27.6 Å². The van der Waals surface area contributed by atoms with Crippen LogP contribution in [-0.4, -0.2) is 46.9 Å². The van der Waals surface area contributed by atoms with Gasteiger partial charge in [-0.3, -0.25) is 19.3 Å². The smallest absolute Gasteiger partial charge is 0.418 e. The van der Waals surface area contributed by atoms with E-state index in [1.54, 1.807) is 4.90 Å². The van der Waals surface area contributed by atoms with Gasteiger partial charge in [0.2, 0.25) is 5.91 Å². The second-order valence-electron chi connectivity index (χ2n) is 6.45. The second kappa shape index (κ2) is 6.71. The van der Waals surface area contributed by atoms with Gasteiger partial charge in [0.1, 0.15) is 0 Å². The van der Waals surface area contributed by atoms with Crippen LogP contribution in [0.3, 0.4) is 0 Å². The second-order valence-corrected chi connectivity index (χ2v) is 6.45. The number of carbonyl (C=O) groups is 3. The first-order chi connectivity index (χ1) is 12.2. The maximum absolute atomic E-state index is 13.2. The molecule has 2 amide bonds. The number of carbonyl (C=O) groups excluding carboxylic acids is 2. The highest BCUT2D eigenvalue weighted by molar-refractivity contribution is 6.22.